The average molecular weight is 219 g/mol. The van der Waals surface area contributed by atoms with Gasteiger partial charge in [0, 0.05) is 25.4 Å². The zero-order valence-corrected chi connectivity index (χ0v) is 8.06. The lowest BCUT2D eigenvalue weighted by atomic mass is 9.96. The number of pyridine rings is 1. The van der Waals surface area contributed by atoms with Crippen LogP contribution in [0.25, 0.3) is 0 Å². The fourth-order valence-electron chi connectivity index (χ4n) is 1.72. The SMILES string of the molecule is NCC1(c2ccncc2Cl)CC1(F)F. The fourth-order valence-corrected chi connectivity index (χ4v) is 2.02. The standard InChI is InChI=1S/C9H9ClF2N2/c10-7-3-14-2-1-6(7)8(5-13)4-9(8,11)12/h1-3H,4-5,13H2. The first kappa shape index (κ1) is 9.80. The van der Waals surface area contributed by atoms with Crippen molar-refractivity contribution in [3.63, 3.8) is 0 Å². The lowest BCUT2D eigenvalue weighted by molar-refractivity contribution is 0.0896. The van der Waals surface area contributed by atoms with Crippen molar-refractivity contribution in [1.82, 2.24) is 4.98 Å². The van der Waals surface area contributed by atoms with E-state index in [1.165, 1.54) is 18.5 Å². The minimum absolute atomic E-state index is 0.0935. The van der Waals surface area contributed by atoms with Crippen molar-refractivity contribution in [2.24, 2.45) is 5.73 Å². The molecule has 1 unspecified atom stereocenters. The van der Waals surface area contributed by atoms with Crippen LogP contribution in [0.15, 0.2) is 18.5 Å². The third kappa shape index (κ3) is 1.14. The fraction of sp³-hybridized carbons (Fsp3) is 0.444. The number of nitrogens with zero attached hydrogens (tertiary/aromatic N) is 1. The maximum absolute atomic E-state index is 13.2. The quantitative estimate of drug-likeness (QED) is 0.824. The monoisotopic (exact) mass is 218 g/mol. The van der Waals surface area contributed by atoms with Gasteiger partial charge in [0.15, 0.2) is 0 Å². The van der Waals surface area contributed by atoms with Crippen LogP contribution in [0, 0.1) is 0 Å². The van der Waals surface area contributed by atoms with Crippen molar-refractivity contribution in [1.29, 1.82) is 0 Å². The largest absolute Gasteiger partial charge is 0.329 e. The molecule has 0 amide bonds. The van der Waals surface area contributed by atoms with E-state index in [1.807, 2.05) is 0 Å². The molecule has 1 aliphatic carbocycles. The highest BCUT2D eigenvalue weighted by Gasteiger charge is 2.71. The van der Waals surface area contributed by atoms with E-state index in [4.69, 9.17) is 17.3 Å². The van der Waals surface area contributed by atoms with E-state index >= 15 is 0 Å². The summed E-state index contributed by atoms with van der Waals surface area (Å²) in [5.74, 6) is -2.73. The second kappa shape index (κ2) is 2.87. The Balaban J connectivity index is 2.46. The van der Waals surface area contributed by atoms with E-state index in [1.54, 1.807) is 0 Å². The predicted octanol–water partition coefficient (Wildman–Crippen LogP) is 1.97. The second-order valence-corrected chi connectivity index (χ2v) is 3.93. The summed E-state index contributed by atoms with van der Waals surface area (Å²) in [4.78, 5) is 3.75. The smallest absolute Gasteiger partial charge is 0.260 e. The van der Waals surface area contributed by atoms with Gasteiger partial charge in [0.1, 0.15) is 0 Å². The Morgan fingerprint density at radius 1 is 1.57 bits per heavy atom. The van der Waals surface area contributed by atoms with Crippen LogP contribution in [0.3, 0.4) is 0 Å². The normalized spacial score (nSPS) is 28.9. The van der Waals surface area contributed by atoms with Crippen molar-refractivity contribution >= 4 is 11.6 Å². The van der Waals surface area contributed by atoms with Crippen LogP contribution in [0.2, 0.25) is 5.02 Å². The van der Waals surface area contributed by atoms with E-state index in [-0.39, 0.29) is 18.0 Å². The molecule has 1 heterocycles. The lowest BCUT2D eigenvalue weighted by Crippen LogP contribution is -2.27. The third-order valence-corrected chi connectivity index (χ3v) is 3.04. The molecule has 2 rings (SSSR count). The number of hydrogen-bond acceptors (Lipinski definition) is 2. The highest BCUT2D eigenvalue weighted by molar-refractivity contribution is 6.31. The van der Waals surface area contributed by atoms with Gasteiger partial charge in [-0.05, 0) is 11.6 Å². The Bertz CT molecular complexity index is 370. The Hall–Kier alpha value is -0.740. The number of hydrogen-bond donors (Lipinski definition) is 1. The van der Waals surface area contributed by atoms with E-state index < -0.39 is 11.3 Å². The highest BCUT2D eigenvalue weighted by Crippen LogP contribution is 2.61. The summed E-state index contributed by atoms with van der Waals surface area (Å²) < 4.78 is 26.3. The van der Waals surface area contributed by atoms with Gasteiger partial charge in [0.05, 0.1) is 10.4 Å². The van der Waals surface area contributed by atoms with Gasteiger partial charge in [-0.15, -0.1) is 0 Å². The summed E-state index contributed by atoms with van der Waals surface area (Å²) in [5, 5.41) is 0.259. The van der Waals surface area contributed by atoms with E-state index in [0.29, 0.717) is 5.56 Å². The first-order chi connectivity index (χ1) is 6.53. The molecule has 1 aliphatic rings. The van der Waals surface area contributed by atoms with Gasteiger partial charge >= 0.3 is 0 Å². The van der Waals surface area contributed by atoms with Crippen molar-refractivity contribution in [3.05, 3.63) is 29.0 Å². The molecular formula is C9H9ClF2N2. The minimum Gasteiger partial charge on any atom is -0.329 e. The maximum Gasteiger partial charge on any atom is 0.260 e. The predicted molar refractivity (Wildman–Crippen MR) is 49.5 cm³/mol. The van der Waals surface area contributed by atoms with Crippen LogP contribution in [-0.4, -0.2) is 17.5 Å². The highest BCUT2D eigenvalue weighted by atomic mass is 35.5. The topological polar surface area (TPSA) is 38.9 Å². The van der Waals surface area contributed by atoms with Crippen LogP contribution in [0.5, 0.6) is 0 Å². The molecular weight excluding hydrogens is 210 g/mol. The summed E-state index contributed by atoms with van der Waals surface area (Å²) >= 11 is 5.80. The Morgan fingerprint density at radius 2 is 2.21 bits per heavy atom. The summed E-state index contributed by atoms with van der Waals surface area (Å²) in [5.41, 5.74) is 4.53. The molecule has 0 radical (unpaired) electrons. The van der Waals surface area contributed by atoms with Crippen molar-refractivity contribution in [2.75, 3.05) is 6.54 Å². The molecule has 5 heteroatoms. The molecule has 0 saturated heterocycles. The van der Waals surface area contributed by atoms with Crippen LogP contribution in [-0.2, 0) is 5.41 Å². The van der Waals surface area contributed by atoms with Crippen LogP contribution in [0.4, 0.5) is 8.78 Å². The first-order valence-electron chi connectivity index (χ1n) is 4.21. The third-order valence-electron chi connectivity index (χ3n) is 2.74. The minimum atomic E-state index is -2.73. The van der Waals surface area contributed by atoms with E-state index in [0.717, 1.165) is 0 Å². The van der Waals surface area contributed by atoms with E-state index in [9.17, 15) is 8.78 Å². The Morgan fingerprint density at radius 3 is 2.64 bits per heavy atom. The van der Waals surface area contributed by atoms with Gasteiger partial charge in [-0.2, -0.15) is 0 Å². The first-order valence-corrected chi connectivity index (χ1v) is 4.59. The average Bonchev–Trinajstić information content (AvgIpc) is 2.70. The molecule has 1 atom stereocenters. The number of aromatic nitrogens is 1. The second-order valence-electron chi connectivity index (χ2n) is 3.52. The van der Waals surface area contributed by atoms with Gasteiger partial charge in [-0.1, -0.05) is 11.6 Å². The molecule has 0 spiro atoms. The molecule has 1 aromatic rings. The molecule has 1 aromatic heterocycles. The van der Waals surface area contributed by atoms with Crippen molar-refractivity contribution in [2.45, 2.75) is 17.8 Å². The summed E-state index contributed by atoms with van der Waals surface area (Å²) in [7, 11) is 0. The molecule has 2 nitrogen and oxygen atoms in total. The summed E-state index contributed by atoms with van der Waals surface area (Å²) in [6.45, 7) is -0.0935. The van der Waals surface area contributed by atoms with Gasteiger partial charge in [0.2, 0.25) is 0 Å². The zero-order valence-electron chi connectivity index (χ0n) is 7.30. The molecule has 0 bridgehead atoms. The molecule has 0 aromatic carbocycles. The van der Waals surface area contributed by atoms with Crippen LogP contribution < -0.4 is 5.73 Å². The molecule has 0 aliphatic heterocycles. The molecule has 1 fully saturated rings. The van der Waals surface area contributed by atoms with Crippen molar-refractivity contribution < 1.29 is 8.78 Å². The van der Waals surface area contributed by atoms with E-state index in [2.05, 4.69) is 4.98 Å². The lowest BCUT2D eigenvalue weighted by Gasteiger charge is -2.15. The van der Waals surface area contributed by atoms with Crippen LogP contribution in [0.1, 0.15) is 12.0 Å². The zero-order chi connectivity index (χ0) is 10.4. The van der Waals surface area contributed by atoms with Gasteiger partial charge < -0.3 is 5.73 Å². The van der Waals surface area contributed by atoms with Gasteiger partial charge in [-0.25, -0.2) is 8.78 Å². The van der Waals surface area contributed by atoms with Gasteiger partial charge in [0.25, 0.3) is 5.92 Å². The molecule has 2 N–H and O–H groups in total. The van der Waals surface area contributed by atoms with Gasteiger partial charge in [-0.3, -0.25) is 4.98 Å². The Labute approximate surface area is 85.1 Å². The number of rotatable bonds is 2. The number of nitrogens with two attached hydrogens (primary N) is 1. The summed E-state index contributed by atoms with van der Waals surface area (Å²) in [6, 6.07) is 1.51. The summed E-state index contributed by atoms with van der Waals surface area (Å²) in [6.07, 6.45) is 2.59. The molecule has 14 heavy (non-hydrogen) atoms. The Kier molecular flexibility index (Phi) is 2.01. The van der Waals surface area contributed by atoms with Crippen molar-refractivity contribution in [3.8, 4) is 0 Å². The number of alkyl halides is 2. The number of halogens is 3. The maximum atomic E-state index is 13.2. The molecule has 76 valence electrons. The van der Waals surface area contributed by atoms with Crippen LogP contribution >= 0.6 is 11.6 Å². The molecule has 1 saturated carbocycles.